The Morgan fingerprint density at radius 1 is 1.22 bits per heavy atom. The van der Waals surface area contributed by atoms with Crippen LogP contribution in [-0.2, 0) is 19.4 Å². The van der Waals surface area contributed by atoms with Crippen LogP contribution in [0.1, 0.15) is 33.6 Å². The second-order valence-electron chi connectivity index (χ2n) is 5.18. The molecule has 0 saturated carbocycles. The van der Waals surface area contributed by atoms with Crippen molar-refractivity contribution in [2.24, 2.45) is 0 Å². The molecular weight excluding hydrogens is 258 g/mol. The van der Waals surface area contributed by atoms with Gasteiger partial charge in [0.1, 0.15) is 5.75 Å². The summed E-state index contributed by atoms with van der Waals surface area (Å²) in [5, 5.41) is 8.46. The zero-order valence-corrected chi connectivity index (χ0v) is 12.1. The van der Waals surface area contributed by atoms with Crippen LogP contribution >= 0.6 is 0 Å². The lowest BCUT2D eigenvalue weighted by atomic mass is 10.3. The van der Waals surface area contributed by atoms with Gasteiger partial charge < -0.3 is 10.0 Å². The summed E-state index contributed by atoms with van der Waals surface area (Å²) in [6.07, 6.45) is 0.275. The number of carbonyl (C=O) groups is 2. The number of rotatable bonds is 6. The van der Waals surface area contributed by atoms with E-state index < -0.39 is 32.2 Å². The molecule has 0 aromatic heterocycles. The second-order valence-corrected chi connectivity index (χ2v) is 7.93. The summed E-state index contributed by atoms with van der Waals surface area (Å²) in [4.78, 5) is 23.2. The van der Waals surface area contributed by atoms with E-state index in [1.54, 1.807) is 20.8 Å². The molecule has 0 radical (unpaired) electrons. The van der Waals surface area contributed by atoms with E-state index in [1.807, 2.05) is 0 Å². The first-order valence-corrected chi connectivity index (χ1v) is 7.30. The van der Waals surface area contributed by atoms with E-state index >= 15 is 0 Å². The van der Waals surface area contributed by atoms with E-state index in [0.29, 0.717) is 6.42 Å². The minimum atomic E-state index is -3.49. The predicted octanol–water partition coefficient (Wildman–Crippen LogP) is 0.523. The molecule has 0 aromatic rings. The van der Waals surface area contributed by atoms with Gasteiger partial charge in [0, 0.05) is 20.0 Å². The number of hydrogen-bond donors (Lipinski definition) is 1. The van der Waals surface area contributed by atoms with Crippen LogP contribution in [0.5, 0.6) is 0 Å². The molecule has 0 saturated heterocycles. The number of sulfone groups is 1. The largest absolute Gasteiger partial charge is 0.481 e. The normalized spacial score (nSPS) is 12.2. The van der Waals surface area contributed by atoms with Crippen molar-refractivity contribution in [3.63, 3.8) is 0 Å². The quantitative estimate of drug-likeness (QED) is 0.765. The first-order valence-electron chi connectivity index (χ1n) is 5.65. The molecule has 0 aliphatic carbocycles. The van der Waals surface area contributed by atoms with Gasteiger partial charge in [0.25, 0.3) is 0 Å². The summed E-state index contributed by atoms with van der Waals surface area (Å²) in [6.45, 7) is 4.87. The Morgan fingerprint density at radius 2 is 1.72 bits per heavy atom. The first kappa shape index (κ1) is 16.9. The van der Waals surface area contributed by atoms with Gasteiger partial charge in [-0.2, -0.15) is 0 Å². The van der Waals surface area contributed by atoms with Crippen LogP contribution in [0.2, 0.25) is 0 Å². The molecule has 0 rings (SSSR count). The number of carboxylic acids is 1. The Kier molecular flexibility index (Phi) is 5.79. The van der Waals surface area contributed by atoms with E-state index in [-0.39, 0.29) is 13.0 Å². The first-order chi connectivity index (χ1) is 7.97. The minimum absolute atomic E-state index is 0.0381. The lowest BCUT2D eigenvalue weighted by Crippen LogP contribution is -2.39. The van der Waals surface area contributed by atoms with Crippen molar-refractivity contribution >= 4 is 21.7 Å². The molecule has 106 valence electrons. The van der Waals surface area contributed by atoms with E-state index in [2.05, 4.69) is 0 Å². The van der Waals surface area contributed by atoms with Crippen LogP contribution in [0.25, 0.3) is 0 Å². The average molecular weight is 279 g/mol. The monoisotopic (exact) mass is 279 g/mol. The Balaban J connectivity index is 4.38. The second kappa shape index (κ2) is 6.17. The number of carboxylic acid groups (broad SMARTS) is 1. The number of amides is 1. The molecule has 0 aromatic carbocycles. The fourth-order valence-corrected chi connectivity index (χ4v) is 2.06. The van der Waals surface area contributed by atoms with Gasteiger partial charge >= 0.3 is 5.97 Å². The van der Waals surface area contributed by atoms with Gasteiger partial charge in [-0.05, 0) is 27.2 Å². The van der Waals surface area contributed by atoms with Crippen molar-refractivity contribution < 1.29 is 23.1 Å². The highest BCUT2D eigenvalue weighted by Crippen LogP contribution is 2.16. The zero-order valence-electron chi connectivity index (χ0n) is 11.3. The highest BCUT2D eigenvalue weighted by molar-refractivity contribution is 7.93. The standard InChI is InChI=1S/C11H21NO5S/c1-11(2,3)18(16,17)8-9(13)12(4)7-5-6-10(14)15/h5-8H2,1-4H3,(H,14,15). The molecule has 0 heterocycles. The van der Waals surface area contributed by atoms with Crippen molar-refractivity contribution in [1.29, 1.82) is 0 Å². The van der Waals surface area contributed by atoms with E-state index in [0.717, 1.165) is 0 Å². The molecule has 1 N–H and O–H groups in total. The van der Waals surface area contributed by atoms with Crippen molar-refractivity contribution in [1.82, 2.24) is 4.90 Å². The molecular formula is C11H21NO5S. The van der Waals surface area contributed by atoms with Gasteiger partial charge in [0.15, 0.2) is 9.84 Å². The molecule has 0 bridgehead atoms. The van der Waals surface area contributed by atoms with E-state index in [1.165, 1.54) is 11.9 Å². The van der Waals surface area contributed by atoms with Crippen LogP contribution in [0.15, 0.2) is 0 Å². The molecule has 0 fully saturated rings. The van der Waals surface area contributed by atoms with Gasteiger partial charge in [-0.1, -0.05) is 0 Å². The molecule has 0 aliphatic rings. The maximum absolute atomic E-state index is 11.8. The highest BCUT2D eigenvalue weighted by atomic mass is 32.2. The maximum atomic E-state index is 11.8. The molecule has 18 heavy (non-hydrogen) atoms. The Hall–Kier alpha value is -1.11. The Labute approximate surface area is 108 Å². The lowest BCUT2D eigenvalue weighted by molar-refractivity contribution is -0.137. The maximum Gasteiger partial charge on any atom is 0.303 e. The Morgan fingerprint density at radius 3 is 2.11 bits per heavy atom. The van der Waals surface area contributed by atoms with Crippen LogP contribution in [0.3, 0.4) is 0 Å². The van der Waals surface area contributed by atoms with Gasteiger partial charge in [-0.15, -0.1) is 0 Å². The fraction of sp³-hybridized carbons (Fsp3) is 0.818. The third-order valence-electron chi connectivity index (χ3n) is 2.56. The zero-order chi connectivity index (χ0) is 14.6. The number of carbonyl (C=O) groups excluding carboxylic acids is 1. The molecule has 6 nitrogen and oxygen atoms in total. The highest BCUT2D eigenvalue weighted by Gasteiger charge is 2.32. The van der Waals surface area contributed by atoms with Gasteiger partial charge in [-0.25, -0.2) is 8.42 Å². The summed E-state index contributed by atoms with van der Waals surface area (Å²) in [5.41, 5.74) is 0. The third kappa shape index (κ3) is 5.48. The van der Waals surface area contributed by atoms with Crippen molar-refractivity contribution in [2.75, 3.05) is 19.3 Å². The summed E-state index contributed by atoms with van der Waals surface area (Å²) in [5.74, 6) is -1.98. The van der Waals surface area contributed by atoms with Crippen LogP contribution in [-0.4, -0.2) is 54.4 Å². The molecule has 0 unspecified atom stereocenters. The minimum Gasteiger partial charge on any atom is -0.481 e. The van der Waals surface area contributed by atoms with Gasteiger partial charge in [-0.3, -0.25) is 9.59 Å². The summed E-state index contributed by atoms with van der Waals surface area (Å²) >= 11 is 0. The van der Waals surface area contributed by atoms with Crippen LogP contribution in [0, 0.1) is 0 Å². The van der Waals surface area contributed by atoms with Gasteiger partial charge in [0.05, 0.1) is 4.75 Å². The van der Waals surface area contributed by atoms with Crippen LogP contribution < -0.4 is 0 Å². The fourth-order valence-electron chi connectivity index (χ4n) is 1.08. The smallest absolute Gasteiger partial charge is 0.303 e. The molecule has 0 aliphatic heterocycles. The Bertz CT molecular complexity index is 408. The number of aliphatic carboxylic acids is 1. The van der Waals surface area contributed by atoms with Gasteiger partial charge in [0.2, 0.25) is 5.91 Å². The molecule has 7 heteroatoms. The van der Waals surface area contributed by atoms with Crippen molar-refractivity contribution in [3.05, 3.63) is 0 Å². The SMILES string of the molecule is CN(CCCC(=O)O)C(=O)CS(=O)(=O)C(C)(C)C. The number of nitrogens with zero attached hydrogens (tertiary/aromatic N) is 1. The summed E-state index contributed by atoms with van der Waals surface area (Å²) < 4.78 is 22.6. The third-order valence-corrected chi connectivity index (χ3v) is 5.05. The summed E-state index contributed by atoms with van der Waals surface area (Å²) in [6, 6.07) is 0. The molecule has 0 spiro atoms. The van der Waals surface area contributed by atoms with Crippen molar-refractivity contribution in [3.8, 4) is 0 Å². The molecule has 0 atom stereocenters. The summed E-state index contributed by atoms with van der Waals surface area (Å²) in [7, 11) is -2.02. The van der Waals surface area contributed by atoms with Crippen LogP contribution in [0.4, 0.5) is 0 Å². The topological polar surface area (TPSA) is 91.8 Å². The number of hydrogen-bond acceptors (Lipinski definition) is 4. The van der Waals surface area contributed by atoms with E-state index in [9.17, 15) is 18.0 Å². The lowest BCUT2D eigenvalue weighted by Gasteiger charge is -2.22. The van der Waals surface area contributed by atoms with E-state index in [4.69, 9.17) is 5.11 Å². The molecule has 1 amide bonds. The van der Waals surface area contributed by atoms with Crippen molar-refractivity contribution in [2.45, 2.75) is 38.4 Å². The predicted molar refractivity (Wildman–Crippen MR) is 68.0 cm³/mol. The average Bonchev–Trinajstić information content (AvgIpc) is 2.14.